The summed E-state index contributed by atoms with van der Waals surface area (Å²) in [7, 11) is 2.67. The molecule has 0 aliphatic carbocycles. The predicted molar refractivity (Wildman–Crippen MR) is 119 cm³/mol. The quantitative estimate of drug-likeness (QED) is 0.272. The Hall–Kier alpha value is -3.55. The van der Waals surface area contributed by atoms with E-state index in [9.17, 15) is 35.4 Å². The van der Waals surface area contributed by atoms with E-state index in [2.05, 4.69) is 0 Å². The van der Waals surface area contributed by atoms with Crippen LogP contribution in [0.25, 0.3) is 22.1 Å². The largest absolute Gasteiger partial charge is 0.507 e. The number of aromatic hydroxyl groups is 2. The van der Waals surface area contributed by atoms with Crippen LogP contribution in [0.3, 0.4) is 0 Å². The lowest BCUT2D eigenvalue weighted by Gasteiger charge is -2.39. The maximum Gasteiger partial charge on any atom is 0.229 e. The van der Waals surface area contributed by atoms with Gasteiger partial charge >= 0.3 is 0 Å². The van der Waals surface area contributed by atoms with Crippen LogP contribution < -0.4 is 19.6 Å². The Morgan fingerprint density at radius 1 is 0.943 bits per heavy atom. The molecule has 0 spiro atoms. The van der Waals surface area contributed by atoms with E-state index >= 15 is 0 Å². The van der Waals surface area contributed by atoms with Crippen molar-refractivity contribution in [3.05, 3.63) is 40.8 Å². The second-order valence-corrected chi connectivity index (χ2v) is 7.84. The molecule has 188 valence electrons. The Balaban J connectivity index is 1.72. The fourth-order valence-corrected chi connectivity index (χ4v) is 3.82. The highest BCUT2D eigenvalue weighted by Crippen LogP contribution is 2.40. The van der Waals surface area contributed by atoms with E-state index in [-0.39, 0.29) is 39.5 Å². The molecule has 3 aromatic rings. The van der Waals surface area contributed by atoms with Crippen molar-refractivity contribution in [2.45, 2.75) is 30.7 Å². The topological polar surface area (TPSA) is 189 Å². The number of hydrogen-bond donors (Lipinski definition) is 6. The average Bonchev–Trinajstić information content (AvgIpc) is 2.84. The highest BCUT2D eigenvalue weighted by atomic mass is 16.7. The zero-order chi connectivity index (χ0) is 25.4. The minimum atomic E-state index is -1.67. The number of aliphatic hydroxyl groups is 4. The Bertz CT molecular complexity index is 1260. The highest BCUT2D eigenvalue weighted by molar-refractivity contribution is 5.88. The third kappa shape index (κ3) is 4.33. The first kappa shape index (κ1) is 24.6. The van der Waals surface area contributed by atoms with Crippen molar-refractivity contribution in [1.29, 1.82) is 0 Å². The fourth-order valence-electron chi connectivity index (χ4n) is 3.82. The summed E-state index contributed by atoms with van der Waals surface area (Å²) in [6.45, 7) is -0.641. The van der Waals surface area contributed by atoms with Crippen molar-refractivity contribution in [1.82, 2.24) is 0 Å². The van der Waals surface area contributed by atoms with E-state index in [4.69, 9.17) is 23.4 Å². The number of fused-ring (bicyclic) bond motifs is 1. The number of rotatable bonds is 6. The predicted octanol–water partition coefficient (Wildman–Crippen LogP) is 0.0671. The summed E-state index contributed by atoms with van der Waals surface area (Å²) in [6.07, 6.45) is -6.42. The van der Waals surface area contributed by atoms with Gasteiger partial charge in [-0.2, -0.15) is 0 Å². The molecular weight excluding hydrogens is 468 g/mol. The number of phenolic OH excluding ortho intramolecular Hbond substituents is 2. The van der Waals surface area contributed by atoms with E-state index in [0.717, 1.165) is 12.3 Å². The lowest BCUT2D eigenvalue weighted by atomic mass is 9.99. The van der Waals surface area contributed by atoms with Crippen LogP contribution in [0.1, 0.15) is 0 Å². The zero-order valence-corrected chi connectivity index (χ0v) is 18.6. The van der Waals surface area contributed by atoms with Crippen LogP contribution in [0, 0.1) is 0 Å². The van der Waals surface area contributed by atoms with Gasteiger partial charge in [-0.3, -0.25) is 4.79 Å². The highest BCUT2D eigenvalue weighted by Gasteiger charge is 2.44. The summed E-state index contributed by atoms with van der Waals surface area (Å²) >= 11 is 0. The van der Waals surface area contributed by atoms with Gasteiger partial charge in [0, 0.05) is 12.1 Å². The molecule has 1 aliphatic heterocycles. The molecule has 0 amide bonds. The van der Waals surface area contributed by atoms with Gasteiger partial charge in [0.1, 0.15) is 53.1 Å². The van der Waals surface area contributed by atoms with Crippen molar-refractivity contribution in [3.63, 3.8) is 0 Å². The van der Waals surface area contributed by atoms with E-state index in [1.807, 2.05) is 0 Å². The molecule has 35 heavy (non-hydrogen) atoms. The first-order valence-corrected chi connectivity index (χ1v) is 10.4. The SMILES string of the molecule is COc1cc(-c2coc3cc(OC4OC(CO)C(O)C(O)C4O)cc(O)c3c2=O)cc(OC)c1O. The molecule has 1 fully saturated rings. The van der Waals surface area contributed by atoms with Gasteiger partial charge in [-0.1, -0.05) is 0 Å². The molecule has 2 aromatic carbocycles. The summed E-state index contributed by atoms with van der Waals surface area (Å²) in [4.78, 5) is 13.2. The van der Waals surface area contributed by atoms with Gasteiger partial charge in [0.15, 0.2) is 11.5 Å². The Morgan fingerprint density at radius 3 is 2.20 bits per heavy atom. The molecule has 1 aromatic heterocycles. The minimum absolute atomic E-state index is 0.0481. The maximum atomic E-state index is 13.2. The summed E-state index contributed by atoms with van der Waals surface area (Å²) in [5.41, 5.74) is -0.311. The second-order valence-electron chi connectivity index (χ2n) is 7.84. The molecule has 0 radical (unpaired) electrons. The smallest absolute Gasteiger partial charge is 0.229 e. The summed E-state index contributed by atoms with van der Waals surface area (Å²) in [6, 6.07) is 5.16. The van der Waals surface area contributed by atoms with E-state index in [1.54, 1.807) is 0 Å². The summed E-state index contributed by atoms with van der Waals surface area (Å²) in [5, 5.41) is 59.8. The molecule has 12 nitrogen and oxygen atoms in total. The van der Waals surface area contributed by atoms with Crippen LogP contribution in [0.2, 0.25) is 0 Å². The van der Waals surface area contributed by atoms with Crippen molar-refractivity contribution >= 4 is 11.0 Å². The van der Waals surface area contributed by atoms with Gasteiger partial charge < -0.3 is 54.0 Å². The first-order chi connectivity index (χ1) is 16.7. The molecule has 12 heteroatoms. The second kappa shape index (κ2) is 9.60. The maximum absolute atomic E-state index is 13.2. The van der Waals surface area contributed by atoms with Crippen LogP contribution in [-0.2, 0) is 4.74 Å². The molecule has 1 aliphatic rings. The Morgan fingerprint density at radius 2 is 1.60 bits per heavy atom. The Kier molecular flexibility index (Phi) is 6.74. The summed E-state index contributed by atoms with van der Waals surface area (Å²) in [5.74, 6) is -0.710. The molecule has 0 bridgehead atoms. The normalized spacial score (nSPS) is 24.3. The number of methoxy groups -OCH3 is 2. The van der Waals surface area contributed by atoms with Crippen LogP contribution >= 0.6 is 0 Å². The molecule has 0 saturated carbocycles. The lowest BCUT2D eigenvalue weighted by Crippen LogP contribution is -2.60. The Labute approximate surface area is 197 Å². The van der Waals surface area contributed by atoms with Gasteiger partial charge in [0.2, 0.25) is 17.5 Å². The van der Waals surface area contributed by atoms with Crippen molar-refractivity contribution in [2.75, 3.05) is 20.8 Å². The van der Waals surface area contributed by atoms with Crippen LogP contribution in [0.15, 0.2) is 39.7 Å². The third-order valence-corrected chi connectivity index (χ3v) is 5.72. The summed E-state index contributed by atoms with van der Waals surface area (Å²) < 4.78 is 26.6. The fraction of sp³-hybridized carbons (Fsp3) is 0.348. The lowest BCUT2D eigenvalue weighted by molar-refractivity contribution is -0.277. The number of ether oxygens (including phenoxy) is 4. The van der Waals surface area contributed by atoms with Crippen molar-refractivity contribution in [2.24, 2.45) is 0 Å². The van der Waals surface area contributed by atoms with E-state index < -0.39 is 48.5 Å². The zero-order valence-electron chi connectivity index (χ0n) is 18.6. The molecule has 4 rings (SSSR count). The third-order valence-electron chi connectivity index (χ3n) is 5.72. The van der Waals surface area contributed by atoms with Crippen LogP contribution in [0.4, 0.5) is 0 Å². The number of benzene rings is 2. The number of phenols is 2. The number of aliphatic hydroxyl groups excluding tert-OH is 4. The molecule has 5 atom stereocenters. The van der Waals surface area contributed by atoms with Crippen molar-refractivity contribution < 1.29 is 54.0 Å². The standard InChI is InChI=1S/C23H24O12/c1-31-14-3-9(4-15(32-2)19(14)27)11-8-33-13-6-10(5-12(25)17(13)18(11)26)34-23-22(30)21(29)20(28)16(7-24)35-23/h3-6,8,16,20-25,27-30H,7H2,1-2H3. The number of hydrogen-bond acceptors (Lipinski definition) is 12. The van der Waals surface area contributed by atoms with Gasteiger partial charge in [0.05, 0.1) is 26.4 Å². The van der Waals surface area contributed by atoms with Crippen LogP contribution in [0.5, 0.6) is 28.7 Å². The minimum Gasteiger partial charge on any atom is -0.507 e. The van der Waals surface area contributed by atoms with Crippen LogP contribution in [-0.4, -0.2) is 82.2 Å². The van der Waals surface area contributed by atoms with Gasteiger partial charge in [-0.05, 0) is 17.7 Å². The molecule has 5 unspecified atom stereocenters. The molecule has 6 N–H and O–H groups in total. The molecular formula is C23H24O12. The molecule has 1 saturated heterocycles. The van der Waals surface area contributed by atoms with E-state index in [1.165, 1.54) is 32.4 Å². The van der Waals surface area contributed by atoms with Crippen molar-refractivity contribution in [3.8, 4) is 39.9 Å². The first-order valence-electron chi connectivity index (χ1n) is 10.4. The molecule has 2 heterocycles. The average molecular weight is 492 g/mol. The van der Waals surface area contributed by atoms with Gasteiger partial charge in [0.25, 0.3) is 0 Å². The van der Waals surface area contributed by atoms with Gasteiger partial charge in [-0.15, -0.1) is 0 Å². The van der Waals surface area contributed by atoms with E-state index in [0.29, 0.717) is 5.56 Å². The van der Waals surface area contributed by atoms with Gasteiger partial charge in [-0.25, -0.2) is 0 Å². The monoisotopic (exact) mass is 492 g/mol.